The molecular weight excluding hydrogens is 231 g/mol. The highest BCUT2D eigenvalue weighted by Gasteiger charge is 2.02. The Hall–Kier alpha value is -1.29. The average Bonchev–Trinajstić information content (AvgIpc) is 2.28. The van der Waals surface area contributed by atoms with E-state index in [0.717, 1.165) is 6.42 Å². The third-order valence-electron chi connectivity index (χ3n) is 1.94. The molecule has 0 unspecified atom stereocenters. The molecular formula is C11H14ClFN2O. The average molecular weight is 245 g/mol. The van der Waals surface area contributed by atoms with Crippen LogP contribution in [0.2, 0.25) is 5.02 Å². The molecule has 88 valence electrons. The van der Waals surface area contributed by atoms with Gasteiger partial charge < -0.3 is 10.6 Å². The largest absolute Gasteiger partial charge is 0.376 e. The second-order valence-electron chi connectivity index (χ2n) is 3.33. The summed E-state index contributed by atoms with van der Waals surface area (Å²) in [5, 5.41) is 5.62. The molecule has 0 heterocycles. The minimum Gasteiger partial charge on any atom is -0.376 e. The first-order chi connectivity index (χ1) is 7.63. The van der Waals surface area contributed by atoms with Crippen molar-refractivity contribution in [3.63, 3.8) is 0 Å². The van der Waals surface area contributed by atoms with Crippen LogP contribution in [0.4, 0.5) is 10.1 Å². The van der Waals surface area contributed by atoms with Crippen LogP contribution in [0.25, 0.3) is 0 Å². The Balaban J connectivity index is 2.42. The molecule has 3 nitrogen and oxygen atoms in total. The van der Waals surface area contributed by atoms with Crippen LogP contribution < -0.4 is 10.6 Å². The van der Waals surface area contributed by atoms with Gasteiger partial charge in [-0.15, -0.1) is 0 Å². The second-order valence-corrected chi connectivity index (χ2v) is 3.74. The molecule has 0 aliphatic rings. The molecule has 1 rings (SSSR count). The van der Waals surface area contributed by atoms with Crippen molar-refractivity contribution in [2.45, 2.75) is 13.3 Å². The van der Waals surface area contributed by atoms with Gasteiger partial charge in [-0.1, -0.05) is 18.5 Å². The molecule has 0 bridgehead atoms. The predicted molar refractivity (Wildman–Crippen MR) is 63.2 cm³/mol. The first kappa shape index (κ1) is 12.8. The number of hydrogen-bond donors (Lipinski definition) is 2. The van der Waals surface area contributed by atoms with E-state index >= 15 is 0 Å². The van der Waals surface area contributed by atoms with Gasteiger partial charge in [0.1, 0.15) is 5.82 Å². The van der Waals surface area contributed by atoms with Crippen molar-refractivity contribution in [1.29, 1.82) is 0 Å². The van der Waals surface area contributed by atoms with Crippen molar-refractivity contribution < 1.29 is 9.18 Å². The van der Waals surface area contributed by atoms with E-state index in [-0.39, 0.29) is 17.5 Å². The summed E-state index contributed by atoms with van der Waals surface area (Å²) in [4.78, 5) is 11.2. The zero-order valence-electron chi connectivity index (χ0n) is 9.02. The van der Waals surface area contributed by atoms with Crippen LogP contribution in [0.15, 0.2) is 18.2 Å². The summed E-state index contributed by atoms with van der Waals surface area (Å²) in [7, 11) is 0. The Morgan fingerprint density at radius 1 is 1.50 bits per heavy atom. The number of hydrogen-bond acceptors (Lipinski definition) is 2. The number of carbonyl (C=O) groups is 1. The van der Waals surface area contributed by atoms with E-state index in [1.54, 1.807) is 0 Å². The summed E-state index contributed by atoms with van der Waals surface area (Å²) < 4.78 is 12.8. The van der Waals surface area contributed by atoms with Crippen LogP contribution in [0.1, 0.15) is 13.3 Å². The first-order valence-corrected chi connectivity index (χ1v) is 5.47. The number of halogens is 2. The summed E-state index contributed by atoms with van der Waals surface area (Å²) in [5.41, 5.74) is 0.623. The van der Waals surface area contributed by atoms with E-state index in [1.165, 1.54) is 18.2 Å². The molecule has 16 heavy (non-hydrogen) atoms. The Bertz CT molecular complexity index is 371. The maximum absolute atomic E-state index is 12.8. The zero-order valence-corrected chi connectivity index (χ0v) is 9.77. The molecule has 2 N–H and O–H groups in total. The highest BCUT2D eigenvalue weighted by Crippen LogP contribution is 2.18. The summed E-state index contributed by atoms with van der Waals surface area (Å²) in [6, 6.07) is 4.24. The van der Waals surface area contributed by atoms with Crippen LogP contribution in [-0.2, 0) is 4.79 Å². The van der Waals surface area contributed by atoms with Crippen LogP contribution in [0.3, 0.4) is 0 Å². The van der Waals surface area contributed by atoms with Crippen molar-refractivity contribution in [1.82, 2.24) is 5.32 Å². The van der Waals surface area contributed by atoms with Gasteiger partial charge >= 0.3 is 0 Å². The molecule has 1 aromatic rings. The number of rotatable bonds is 5. The smallest absolute Gasteiger partial charge is 0.239 e. The molecule has 0 radical (unpaired) electrons. The fourth-order valence-corrected chi connectivity index (χ4v) is 1.30. The molecule has 5 heteroatoms. The van der Waals surface area contributed by atoms with Gasteiger partial charge in [0.05, 0.1) is 11.6 Å². The van der Waals surface area contributed by atoms with Crippen LogP contribution in [0, 0.1) is 5.82 Å². The zero-order chi connectivity index (χ0) is 12.0. The number of anilines is 1. The molecule has 0 aliphatic carbocycles. The molecule has 1 amide bonds. The van der Waals surface area contributed by atoms with Crippen molar-refractivity contribution in [2.75, 3.05) is 18.4 Å². The lowest BCUT2D eigenvalue weighted by atomic mass is 10.3. The summed E-state index contributed by atoms with van der Waals surface area (Å²) >= 11 is 5.60. The van der Waals surface area contributed by atoms with Crippen molar-refractivity contribution in [3.8, 4) is 0 Å². The van der Waals surface area contributed by atoms with Gasteiger partial charge in [0.15, 0.2) is 0 Å². The summed E-state index contributed by atoms with van der Waals surface area (Å²) in [6.45, 7) is 2.79. The van der Waals surface area contributed by atoms with Gasteiger partial charge in [0, 0.05) is 12.2 Å². The number of carbonyl (C=O) groups excluding carboxylic acids is 1. The van der Waals surface area contributed by atoms with Gasteiger partial charge in [-0.05, 0) is 24.6 Å². The Labute approximate surface area is 99.0 Å². The normalized spacial score (nSPS) is 9.94. The van der Waals surface area contributed by atoms with Crippen LogP contribution in [0.5, 0.6) is 0 Å². The molecule has 1 aromatic carbocycles. The lowest BCUT2D eigenvalue weighted by molar-refractivity contribution is -0.119. The monoisotopic (exact) mass is 244 g/mol. The molecule has 0 atom stereocenters. The fraction of sp³-hybridized carbons (Fsp3) is 0.364. The van der Waals surface area contributed by atoms with E-state index in [2.05, 4.69) is 10.6 Å². The Morgan fingerprint density at radius 2 is 2.25 bits per heavy atom. The third kappa shape index (κ3) is 4.06. The van der Waals surface area contributed by atoms with Gasteiger partial charge in [-0.3, -0.25) is 4.79 Å². The summed E-state index contributed by atoms with van der Waals surface area (Å²) in [6.07, 6.45) is 0.897. The van der Waals surface area contributed by atoms with Crippen molar-refractivity contribution in [3.05, 3.63) is 29.0 Å². The quantitative estimate of drug-likeness (QED) is 0.835. The van der Waals surface area contributed by atoms with Gasteiger partial charge in [-0.2, -0.15) is 0 Å². The highest BCUT2D eigenvalue weighted by molar-refractivity contribution is 6.31. The van der Waals surface area contributed by atoms with E-state index in [1.807, 2.05) is 6.92 Å². The maximum atomic E-state index is 12.8. The third-order valence-corrected chi connectivity index (χ3v) is 2.23. The Kier molecular flexibility index (Phi) is 5.05. The van der Waals surface area contributed by atoms with Gasteiger partial charge in [-0.25, -0.2) is 4.39 Å². The lowest BCUT2D eigenvalue weighted by Crippen LogP contribution is -2.30. The summed E-state index contributed by atoms with van der Waals surface area (Å²) in [5.74, 6) is -0.565. The molecule has 0 fully saturated rings. The van der Waals surface area contributed by atoms with Crippen molar-refractivity contribution in [2.24, 2.45) is 0 Å². The van der Waals surface area contributed by atoms with E-state index < -0.39 is 5.82 Å². The van der Waals surface area contributed by atoms with E-state index in [0.29, 0.717) is 12.2 Å². The molecule has 0 aliphatic heterocycles. The van der Waals surface area contributed by atoms with Crippen LogP contribution in [-0.4, -0.2) is 19.0 Å². The Morgan fingerprint density at radius 3 is 2.88 bits per heavy atom. The van der Waals surface area contributed by atoms with Gasteiger partial charge in [0.2, 0.25) is 5.91 Å². The predicted octanol–water partition coefficient (Wildman–Crippen LogP) is 2.42. The van der Waals surface area contributed by atoms with Crippen LogP contribution >= 0.6 is 11.6 Å². The number of nitrogens with one attached hydrogen (secondary N) is 2. The minimum absolute atomic E-state index is 0.0407. The second kappa shape index (κ2) is 6.33. The van der Waals surface area contributed by atoms with E-state index in [4.69, 9.17) is 11.6 Å². The fourth-order valence-electron chi connectivity index (χ4n) is 1.12. The molecule has 0 aromatic heterocycles. The number of amides is 1. The number of benzene rings is 1. The van der Waals surface area contributed by atoms with E-state index in [9.17, 15) is 9.18 Å². The molecule has 0 saturated heterocycles. The van der Waals surface area contributed by atoms with Crippen molar-refractivity contribution >= 4 is 23.2 Å². The topological polar surface area (TPSA) is 41.1 Å². The molecule has 0 spiro atoms. The maximum Gasteiger partial charge on any atom is 0.239 e. The minimum atomic E-state index is -0.470. The highest BCUT2D eigenvalue weighted by atomic mass is 35.5. The molecule has 0 saturated carbocycles. The lowest BCUT2D eigenvalue weighted by Gasteiger charge is -2.07. The van der Waals surface area contributed by atoms with Gasteiger partial charge in [0.25, 0.3) is 0 Å². The standard InChI is InChI=1S/C11H14ClFN2O/c1-2-5-14-11(16)7-15-8-3-4-10(13)9(12)6-8/h3-4,6,15H,2,5,7H2,1H3,(H,14,16). The SMILES string of the molecule is CCCNC(=O)CNc1ccc(F)c(Cl)c1. The first-order valence-electron chi connectivity index (χ1n) is 5.09.